The summed E-state index contributed by atoms with van der Waals surface area (Å²) in [6, 6.07) is 1.16. The van der Waals surface area contributed by atoms with Gasteiger partial charge in [0.1, 0.15) is 18.0 Å². The molecule has 0 aromatic carbocycles. The Morgan fingerprint density at radius 1 is 1.00 bits per heavy atom. The second kappa shape index (κ2) is 6.87. The number of epoxide rings is 2. The number of aliphatic hydroxyl groups excluding tert-OH is 1. The molecule has 2 aliphatic rings. The van der Waals surface area contributed by atoms with Gasteiger partial charge in [-0.15, -0.1) is 0 Å². The van der Waals surface area contributed by atoms with Crippen LogP contribution in [0, 0.1) is 0 Å². The predicted molar refractivity (Wildman–Crippen MR) is 87.8 cm³/mol. The molecule has 0 spiro atoms. The van der Waals surface area contributed by atoms with E-state index in [1.807, 2.05) is 6.92 Å². The largest absolute Gasteiger partial charge is 0.393 e. The maximum absolute atomic E-state index is 9.17. The molecule has 2 aliphatic heterocycles. The third kappa shape index (κ3) is 5.28. The third-order valence-corrected chi connectivity index (χ3v) is 6.33. The van der Waals surface area contributed by atoms with Crippen LogP contribution in [0.15, 0.2) is 0 Å². The molecule has 130 valence electrons. The monoisotopic (exact) mass is 332 g/mol. The molecule has 5 nitrogen and oxygen atoms in total. The maximum Gasteiger partial charge on any atom is 0.146 e. The lowest BCUT2D eigenvalue weighted by atomic mass is 10.00. The molecule has 0 bridgehead atoms. The van der Waals surface area contributed by atoms with Crippen LogP contribution in [0.5, 0.6) is 0 Å². The highest BCUT2D eigenvalue weighted by Gasteiger charge is 2.56. The average molecular weight is 333 g/mol. The summed E-state index contributed by atoms with van der Waals surface area (Å²) in [7, 11) is -1.02. The van der Waals surface area contributed by atoms with E-state index in [4.69, 9.17) is 24.1 Å². The normalized spacial score (nSPS) is 37.4. The number of ether oxygens (including phenoxy) is 4. The van der Waals surface area contributed by atoms with E-state index in [0.29, 0.717) is 13.4 Å². The number of rotatable bonds is 11. The van der Waals surface area contributed by atoms with E-state index in [9.17, 15) is 0 Å². The van der Waals surface area contributed by atoms with Crippen LogP contribution < -0.4 is 0 Å². The van der Waals surface area contributed by atoms with Gasteiger partial charge in [-0.3, -0.25) is 0 Å². The Morgan fingerprint density at radius 2 is 1.59 bits per heavy atom. The van der Waals surface area contributed by atoms with Crippen molar-refractivity contribution in [3.63, 3.8) is 0 Å². The van der Waals surface area contributed by atoms with E-state index in [0.717, 1.165) is 25.5 Å². The van der Waals surface area contributed by atoms with E-state index < -0.39 is 8.07 Å². The molecule has 1 N–H and O–H groups in total. The van der Waals surface area contributed by atoms with Gasteiger partial charge in [-0.05, 0) is 32.7 Å². The molecule has 0 aliphatic carbocycles. The van der Waals surface area contributed by atoms with E-state index >= 15 is 0 Å². The third-order valence-electron chi connectivity index (χ3n) is 4.63. The minimum atomic E-state index is -1.02. The van der Waals surface area contributed by atoms with Crippen molar-refractivity contribution in [2.75, 3.05) is 26.6 Å². The lowest BCUT2D eigenvalue weighted by Gasteiger charge is -2.15. The van der Waals surface area contributed by atoms with Gasteiger partial charge in [0.15, 0.2) is 0 Å². The minimum Gasteiger partial charge on any atom is -0.393 e. The van der Waals surface area contributed by atoms with Crippen molar-refractivity contribution in [1.29, 1.82) is 0 Å². The first kappa shape index (κ1) is 18.4. The van der Waals surface area contributed by atoms with Gasteiger partial charge in [-0.2, -0.15) is 0 Å². The molecular formula is C16H32O5Si. The van der Waals surface area contributed by atoms with Crippen LogP contribution in [-0.4, -0.2) is 63.2 Å². The molecule has 0 radical (unpaired) electrons. The Kier molecular flexibility index (Phi) is 5.73. The molecule has 22 heavy (non-hydrogen) atoms. The molecule has 0 aromatic rings. The summed E-state index contributed by atoms with van der Waals surface area (Å²) in [5.74, 6) is 0. The first-order chi connectivity index (χ1) is 10.2. The lowest BCUT2D eigenvalue weighted by Crippen LogP contribution is -2.23. The van der Waals surface area contributed by atoms with Gasteiger partial charge >= 0.3 is 0 Å². The highest BCUT2D eigenvalue weighted by atomic mass is 28.3. The summed E-state index contributed by atoms with van der Waals surface area (Å²) >= 11 is 0. The van der Waals surface area contributed by atoms with Crippen molar-refractivity contribution in [3.8, 4) is 0 Å². The van der Waals surface area contributed by atoms with E-state index in [1.165, 1.54) is 0 Å². The van der Waals surface area contributed by atoms with Crippen molar-refractivity contribution in [2.45, 2.75) is 75.8 Å². The summed E-state index contributed by atoms with van der Waals surface area (Å²) in [6.45, 7) is 12.9. The molecule has 2 rings (SSSR count). The van der Waals surface area contributed by atoms with E-state index in [2.05, 4.69) is 26.6 Å². The molecule has 4 atom stereocenters. The predicted octanol–water partition coefficient (Wildman–Crippen LogP) is 2.40. The van der Waals surface area contributed by atoms with Crippen LogP contribution in [-0.2, 0) is 18.9 Å². The van der Waals surface area contributed by atoms with E-state index in [-0.39, 0.29) is 30.0 Å². The highest BCUT2D eigenvalue weighted by Crippen LogP contribution is 2.44. The zero-order valence-corrected chi connectivity index (χ0v) is 15.7. The van der Waals surface area contributed by atoms with Crippen LogP contribution in [0.25, 0.3) is 0 Å². The first-order valence-electron chi connectivity index (χ1n) is 8.31. The molecule has 6 heteroatoms. The summed E-state index contributed by atoms with van der Waals surface area (Å²) in [6.07, 6.45) is 2.30. The molecule has 0 unspecified atom stereocenters. The van der Waals surface area contributed by atoms with Gasteiger partial charge in [0.05, 0.1) is 25.4 Å². The summed E-state index contributed by atoms with van der Waals surface area (Å²) in [5, 5.41) is 9.17. The quantitative estimate of drug-likeness (QED) is 0.272. The summed E-state index contributed by atoms with van der Waals surface area (Å²) in [4.78, 5) is 0. The van der Waals surface area contributed by atoms with Gasteiger partial charge in [0.2, 0.25) is 0 Å². The Balaban J connectivity index is 1.49. The Bertz CT molecular complexity index is 372. The Labute approximate surface area is 135 Å². The second-order valence-electron chi connectivity index (χ2n) is 8.26. The van der Waals surface area contributed by atoms with Gasteiger partial charge in [-0.1, -0.05) is 19.6 Å². The molecule has 2 fully saturated rings. The van der Waals surface area contributed by atoms with E-state index in [1.54, 1.807) is 0 Å². The fourth-order valence-corrected chi connectivity index (χ4v) is 3.38. The van der Waals surface area contributed by atoms with Gasteiger partial charge in [0.25, 0.3) is 0 Å². The molecule has 0 amide bonds. The smallest absolute Gasteiger partial charge is 0.146 e. The van der Waals surface area contributed by atoms with Crippen LogP contribution >= 0.6 is 0 Å². The van der Waals surface area contributed by atoms with Gasteiger partial charge < -0.3 is 24.1 Å². The number of hydrogen-bond donors (Lipinski definition) is 1. The zero-order chi connectivity index (χ0) is 16.4. The van der Waals surface area contributed by atoms with Crippen molar-refractivity contribution < 1.29 is 24.1 Å². The van der Waals surface area contributed by atoms with Crippen LogP contribution in [0.2, 0.25) is 25.7 Å². The van der Waals surface area contributed by atoms with Gasteiger partial charge in [0, 0.05) is 14.7 Å². The number of aliphatic hydroxyl groups is 1. The topological polar surface area (TPSA) is 63.8 Å². The van der Waals surface area contributed by atoms with Crippen LogP contribution in [0.1, 0.15) is 26.7 Å². The van der Waals surface area contributed by atoms with Crippen LogP contribution in [0.4, 0.5) is 0 Å². The van der Waals surface area contributed by atoms with Crippen molar-refractivity contribution in [1.82, 2.24) is 0 Å². The zero-order valence-electron chi connectivity index (χ0n) is 14.7. The highest BCUT2D eigenvalue weighted by molar-refractivity contribution is 6.76. The van der Waals surface area contributed by atoms with Crippen LogP contribution in [0.3, 0.4) is 0 Å². The lowest BCUT2D eigenvalue weighted by molar-refractivity contribution is -0.0629. The molecule has 0 aromatic heterocycles. The van der Waals surface area contributed by atoms with Crippen molar-refractivity contribution >= 4 is 8.07 Å². The average Bonchev–Trinajstić information content (AvgIpc) is 3.27. The second-order valence-corrected chi connectivity index (χ2v) is 13.9. The van der Waals surface area contributed by atoms with Gasteiger partial charge in [-0.25, -0.2) is 0 Å². The minimum absolute atomic E-state index is 0.0956. The van der Waals surface area contributed by atoms with Crippen molar-refractivity contribution in [3.05, 3.63) is 0 Å². The fourth-order valence-electron chi connectivity index (χ4n) is 2.62. The molecule has 2 heterocycles. The van der Waals surface area contributed by atoms with Crippen molar-refractivity contribution in [2.24, 2.45) is 0 Å². The molecule has 0 saturated carbocycles. The Hall–Kier alpha value is 0.0169. The SMILES string of the molecule is C[C@]1(COCOCC[Si](C)(C)C)O[C@@H]1CC[C@@H]1O[C@@]1(C)CO. The number of hydrogen-bond acceptors (Lipinski definition) is 5. The first-order valence-corrected chi connectivity index (χ1v) is 12.0. The standard InChI is InChI=1S/C16H32O5Si/c1-15(10-17)13(20-15)6-7-14-16(2,21-14)11-19-12-18-8-9-22(3,4)5/h13-14,17H,6-12H2,1-5H3/t13-,14+,15-,16+/m0/s1. The summed E-state index contributed by atoms with van der Waals surface area (Å²) < 4.78 is 22.4. The molecular weight excluding hydrogens is 300 g/mol. The molecule has 2 saturated heterocycles. The summed E-state index contributed by atoms with van der Waals surface area (Å²) in [5.41, 5.74) is -0.487. The maximum atomic E-state index is 9.17. The Morgan fingerprint density at radius 3 is 2.14 bits per heavy atom. The fraction of sp³-hybridized carbons (Fsp3) is 1.00.